The van der Waals surface area contributed by atoms with Crippen LogP contribution in [0.5, 0.6) is 5.75 Å². The number of rotatable bonds is 4. The first-order valence-corrected chi connectivity index (χ1v) is 7.39. The molecule has 23 heavy (non-hydrogen) atoms. The number of primary amides is 1. The number of aromatic amines is 1. The lowest BCUT2D eigenvalue weighted by atomic mass is 10.1. The molecule has 1 aliphatic rings. The van der Waals surface area contributed by atoms with Crippen molar-refractivity contribution < 1.29 is 9.53 Å². The summed E-state index contributed by atoms with van der Waals surface area (Å²) in [6.07, 6.45) is 0.865. The zero-order valence-electron chi connectivity index (χ0n) is 12.4. The lowest BCUT2D eigenvalue weighted by Crippen LogP contribution is -2.19. The zero-order chi connectivity index (χ0) is 15.8. The molecular weight excluding hydrogens is 290 g/mol. The van der Waals surface area contributed by atoms with Crippen molar-refractivity contribution in [1.82, 2.24) is 10.2 Å². The second-order valence-corrected chi connectivity index (χ2v) is 5.54. The molecule has 4 rings (SSSR count). The van der Waals surface area contributed by atoms with Crippen LogP contribution in [0.15, 0.2) is 48.5 Å². The van der Waals surface area contributed by atoms with E-state index in [-0.39, 0.29) is 6.61 Å². The third-order valence-corrected chi connectivity index (χ3v) is 4.01. The second kappa shape index (κ2) is 5.28. The van der Waals surface area contributed by atoms with Crippen LogP contribution in [0.1, 0.15) is 11.1 Å². The number of nitrogens with one attached hydrogen (secondary N) is 1. The van der Waals surface area contributed by atoms with Gasteiger partial charge >= 0.3 is 0 Å². The Balaban J connectivity index is 1.69. The van der Waals surface area contributed by atoms with E-state index in [0.29, 0.717) is 5.75 Å². The van der Waals surface area contributed by atoms with Crippen molar-refractivity contribution in [3.8, 4) is 28.3 Å². The maximum atomic E-state index is 10.8. The van der Waals surface area contributed by atoms with Crippen molar-refractivity contribution >= 4 is 5.91 Å². The van der Waals surface area contributed by atoms with Crippen LogP contribution in [-0.4, -0.2) is 22.7 Å². The number of H-pyrrole nitrogens is 1. The van der Waals surface area contributed by atoms with Gasteiger partial charge in [-0.05, 0) is 17.7 Å². The summed E-state index contributed by atoms with van der Waals surface area (Å²) < 4.78 is 5.37. The van der Waals surface area contributed by atoms with Gasteiger partial charge in [0.2, 0.25) is 0 Å². The molecule has 0 bridgehead atoms. The Bertz CT molecular complexity index is 899. The number of benzene rings is 2. The number of carbonyl (C=O) groups is 1. The van der Waals surface area contributed by atoms with Gasteiger partial charge in [-0.25, -0.2) is 0 Å². The molecule has 1 heterocycles. The standard InChI is InChI=1S/C18H15N3O2/c19-16(22)10-23-13-6-3-5-12(8-13)17-15-9-11-4-1-2-7-14(11)18(15)21-20-17/h1-8H,9-10H2,(H2,19,22)(H,20,21). The number of carbonyl (C=O) groups excluding carboxylic acids is 1. The minimum absolute atomic E-state index is 0.131. The minimum atomic E-state index is -0.494. The highest BCUT2D eigenvalue weighted by molar-refractivity contribution is 5.81. The minimum Gasteiger partial charge on any atom is -0.484 e. The number of hydrogen-bond acceptors (Lipinski definition) is 3. The third-order valence-electron chi connectivity index (χ3n) is 4.01. The van der Waals surface area contributed by atoms with Crippen LogP contribution >= 0.6 is 0 Å². The van der Waals surface area contributed by atoms with Crippen LogP contribution < -0.4 is 10.5 Å². The molecule has 1 aromatic heterocycles. The largest absolute Gasteiger partial charge is 0.484 e. The average Bonchev–Trinajstić information content (AvgIpc) is 3.12. The van der Waals surface area contributed by atoms with Gasteiger partial charge in [-0.1, -0.05) is 36.4 Å². The summed E-state index contributed by atoms with van der Waals surface area (Å²) in [5.74, 6) is 0.111. The summed E-state index contributed by atoms with van der Waals surface area (Å²) in [7, 11) is 0. The molecule has 1 aliphatic carbocycles. The summed E-state index contributed by atoms with van der Waals surface area (Å²) in [5, 5.41) is 7.62. The molecular formula is C18H15N3O2. The second-order valence-electron chi connectivity index (χ2n) is 5.54. The highest BCUT2D eigenvalue weighted by atomic mass is 16.5. The molecule has 0 spiro atoms. The molecule has 0 saturated heterocycles. The Hall–Kier alpha value is -3.08. The number of nitrogens with two attached hydrogens (primary N) is 1. The van der Waals surface area contributed by atoms with Gasteiger partial charge in [-0.15, -0.1) is 0 Å². The van der Waals surface area contributed by atoms with Gasteiger partial charge in [0.1, 0.15) is 5.75 Å². The van der Waals surface area contributed by atoms with Crippen LogP contribution in [0.4, 0.5) is 0 Å². The smallest absolute Gasteiger partial charge is 0.255 e. The predicted molar refractivity (Wildman–Crippen MR) is 87.0 cm³/mol. The van der Waals surface area contributed by atoms with Crippen molar-refractivity contribution in [1.29, 1.82) is 0 Å². The number of ether oxygens (including phenoxy) is 1. The normalized spacial score (nSPS) is 11.8. The van der Waals surface area contributed by atoms with Crippen LogP contribution in [0.2, 0.25) is 0 Å². The molecule has 0 saturated carbocycles. The van der Waals surface area contributed by atoms with Gasteiger partial charge in [0.15, 0.2) is 6.61 Å². The molecule has 3 N–H and O–H groups in total. The third kappa shape index (κ3) is 2.36. The topological polar surface area (TPSA) is 81.0 Å². The Kier molecular flexibility index (Phi) is 3.12. The van der Waals surface area contributed by atoms with Gasteiger partial charge in [0.25, 0.3) is 5.91 Å². The van der Waals surface area contributed by atoms with E-state index < -0.39 is 5.91 Å². The van der Waals surface area contributed by atoms with Crippen LogP contribution in [0, 0.1) is 0 Å². The molecule has 0 fully saturated rings. The Morgan fingerprint density at radius 3 is 2.96 bits per heavy atom. The molecule has 5 heteroatoms. The zero-order valence-corrected chi connectivity index (χ0v) is 12.4. The monoisotopic (exact) mass is 305 g/mol. The molecule has 114 valence electrons. The van der Waals surface area contributed by atoms with Gasteiger partial charge < -0.3 is 10.5 Å². The van der Waals surface area contributed by atoms with Crippen molar-refractivity contribution in [2.24, 2.45) is 5.73 Å². The number of fused-ring (bicyclic) bond motifs is 3. The highest BCUT2D eigenvalue weighted by Gasteiger charge is 2.24. The molecule has 0 radical (unpaired) electrons. The molecule has 3 aromatic rings. The summed E-state index contributed by atoms with van der Waals surface area (Å²) in [4.78, 5) is 10.8. The Morgan fingerprint density at radius 1 is 1.22 bits per heavy atom. The predicted octanol–water partition coefficient (Wildman–Crippen LogP) is 2.51. The van der Waals surface area contributed by atoms with Gasteiger partial charge in [-0.3, -0.25) is 9.89 Å². The molecule has 0 atom stereocenters. The first kappa shape index (κ1) is 13.6. The fourth-order valence-corrected chi connectivity index (χ4v) is 3.00. The average molecular weight is 305 g/mol. The van der Waals surface area contributed by atoms with Gasteiger partial charge in [0.05, 0.1) is 11.4 Å². The quantitative estimate of drug-likeness (QED) is 0.608. The first-order chi connectivity index (χ1) is 11.2. The molecule has 0 unspecified atom stereocenters. The molecule has 0 aliphatic heterocycles. The van der Waals surface area contributed by atoms with Crippen molar-refractivity contribution in [2.45, 2.75) is 6.42 Å². The van der Waals surface area contributed by atoms with Gasteiger partial charge in [0, 0.05) is 23.1 Å². The van der Waals surface area contributed by atoms with Crippen molar-refractivity contribution in [2.75, 3.05) is 6.61 Å². The van der Waals surface area contributed by atoms with E-state index in [1.54, 1.807) is 6.07 Å². The van der Waals surface area contributed by atoms with E-state index in [2.05, 4.69) is 28.4 Å². The maximum Gasteiger partial charge on any atom is 0.255 e. The summed E-state index contributed by atoms with van der Waals surface area (Å²) >= 11 is 0. The van der Waals surface area contributed by atoms with E-state index in [1.807, 2.05) is 24.3 Å². The molecule has 2 aromatic carbocycles. The van der Waals surface area contributed by atoms with E-state index in [4.69, 9.17) is 10.5 Å². The SMILES string of the molecule is NC(=O)COc1cccc(-c2n[nH]c3c2Cc2ccccc2-3)c1. The highest BCUT2D eigenvalue weighted by Crippen LogP contribution is 2.40. The lowest BCUT2D eigenvalue weighted by Gasteiger charge is -2.06. The number of nitrogens with zero attached hydrogens (tertiary/aromatic N) is 1. The van der Waals surface area contributed by atoms with E-state index in [9.17, 15) is 4.79 Å². The Morgan fingerprint density at radius 2 is 2.09 bits per heavy atom. The molecule has 1 amide bonds. The number of hydrogen-bond donors (Lipinski definition) is 2. The summed E-state index contributed by atoms with van der Waals surface area (Å²) in [6.45, 7) is -0.131. The number of aromatic nitrogens is 2. The van der Waals surface area contributed by atoms with Crippen LogP contribution in [-0.2, 0) is 11.2 Å². The van der Waals surface area contributed by atoms with Crippen LogP contribution in [0.3, 0.4) is 0 Å². The fraction of sp³-hybridized carbons (Fsp3) is 0.111. The van der Waals surface area contributed by atoms with Gasteiger partial charge in [-0.2, -0.15) is 5.10 Å². The lowest BCUT2D eigenvalue weighted by molar-refractivity contribution is -0.119. The first-order valence-electron chi connectivity index (χ1n) is 7.39. The van der Waals surface area contributed by atoms with E-state index in [1.165, 1.54) is 16.7 Å². The summed E-state index contributed by atoms with van der Waals surface area (Å²) in [5.41, 5.74) is 11.8. The molecule has 5 nitrogen and oxygen atoms in total. The van der Waals surface area contributed by atoms with E-state index in [0.717, 1.165) is 23.4 Å². The summed E-state index contributed by atoms with van der Waals surface area (Å²) in [6, 6.07) is 15.9. The van der Waals surface area contributed by atoms with Crippen LogP contribution in [0.25, 0.3) is 22.5 Å². The fourth-order valence-electron chi connectivity index (χ4n) is 3.00. The Labute approximate surface area is 133 Å². The maximum absolute atomic E-state index is 10.8. The number of amides is 1. The van der Waals surface area contributed by atoms with E-state index >= 15 is 0 Å². The van der Waals surface area contributed by atoms with Crippen molar-refractivity contribution in [3.63, 3.8) is 0 Å². The van der Waals surface area contributed by atoms with Crippen molar-refractivity contribution in [3.05, 3.63) is 59.7 Å².